The number of anilines is 1. The number of hydrogen-bond acceptors (Lipinski definition) is 5. The average Bonchev–Trinajstić information content (AvgIpc) is 3.35. The van der Waals surface area contributed by atoms with Crippen LogP contribution in [0.25, 0.3) is 22.3 Å². The van der Waals surface area contributed by atoms with E-state index in [4.69, 9.17) is 14.3 Å². The zero-order chi connectivity index (χ0) is 26.0. The van der Waals surface area contributed by atoms with E-state index in [0.717, 1.165) is 53.0 Å². The van der Waals surface area contributed by atoms with Crippen LogP contribution in [0, 0.1) is 0 Å². The van der Waals surface area contributed by atoms with Gasteiger partial charge in [-0.05, 0) is 67.1 Å². The molecule has 0 radical (unpaired) electrons. The Morgan fingerprint density at radius 2 is 1.76 bits per heavy atom. The number of amides is 1. The van der Waals surface area contributed by atoms with Gasteiger partial charge in [-0.3, -0.25) is 9.59 Å². The van der Waals surface area contributed by atoms with Crippen molar-refractivity contribution in [3.63, 3.8) is 0 Å². The number of rotatable bonds is 13. The molecule has 0 saturated heterocycles. The average molecular weight is 501 g/mol. The van der Waals surface area contributed by atoms with Crippen molar-refractivity contribution in [3.8, 4) is 17.1 Å². The Kier molecular flexibility index (Phi) is 8.81. The van der Waals surface area contributed by atoms with Gasteiger partial charge in [-0.25, -0.2) is 0 Å². The Bertz CT molecular complexity index is 1280. The molecule has 4 aromatic rings. The first kappa shape index (κ1) is 25.8. The van der Waals surface area contributed by atoms with E-state index in [1.807, 2.05) is 66.7 Å². The highest BCUT2D eigenvalue weighted by Crippen LogP contribution is 2.29. The molecule has 1 amide bonds. The third-order valence-electron chi connectivity index (χ3n) is 6.06. The summed E-state index contributed by atoms with van der Waals surface area (Å²) >= 11 is 0. The first-order valence-electron chi connectivity index (χ1n) is 12.6. The van der Waals surface area contributed by atoms with Crippen LogP contribution in [-0.2, 0) is 4.79 Å². The van der Waals surface area contributed by atoms with Gasteiger partial charge in [-0.15, -0.1) is 0 Å². The Labute approximate surface area is 216 Å². The fourth-order valence-corrected chi connectivity index (χ4v) is 4.02. The van der Waals surface area contributed by atoms with E-state index in [0.29, 0.717) is 12.2 Å². The summed E-state index contributed by atoms with van der Waals surface area (Å²) in [5.41, 5.74) is 3.25. The molecular weight excluding hydrogens is 468 g/mol. The summed E-state index contributed by atoms with van der Waals surface area (Å²) in [6.07, 6.45) is 2.99. The first-order chi connectivity index (χ1) is 18.0. The minimum Gasteiger partial charge on any atom is -0.491 e. The molecule has 7 heteroatoms. The van der Waals surface area contributed by atoms with Crippen LogP contribution in [0.2, 0.25) is 0 Å². The molecular formula is C30H32N2O5. The molecule has 1 heterocycles. The molecule has 4 rings (SSSR count). The van der Waals surface area contributed by atoms with Crippen LogP contribution in [0.1, 0.15) is 43.0 Å². The fraction of sp³-hybridized carbons (Fsp3) is 0.267. The van der Waals surface area contributed by atoms with E-state index in [9.17, 15) is 9.59 Å². The van der Waals surface area contributed by atoms with Crippen LogP contribution >= 0.6 is 0 Å². The summed E-state index contributed by atoms with van der Waals surface area (Å²) in [5, 5.41) is 15.9. The summed E-state index contributed by atoms with van der Waals surface area (Å²) < 4.78 is 12.1. The molecule has 3 N–H and O–H groups in total. The van der Waals surface area contributed by atoms with Crippen LogP contribution in [-0.4, -0.2) is 36.2 Å². The highest BCUT2D eigenvalue weighted by atomic mass is 16.5. The molecule has 7 nitrogen and oxygen atoms in total. The van der Waals surface area contributed by atoms with Gasteiger partial charge in [0.05, 0.1) is 12.5 Å². The molecule has 37 heavy (non-hydrogen) atoms. The van der Waals surface area contributed by atoms with Gasteiger partial charge < -0.3 is 24.9 Å². The van der Waals surface area contributed by atoms with Gasteiger partial charge in [0, 0.05) is 28.7 Å². The first-order valence-corrected chi connectivity index (χ1v) is 12.6. The highest BCUT2D eigenvalue weighted by Gasteiger charge is 2.12. The van der Waals surface area contributed by atoms with E-state index in [-0.39, 0.29) is 24.9 Å². The van der Waals surface area contributed by atoms with Crippen molar-refractivity contribution in [3.05, 3.63) is 84.4 Å². The van der Waals surface area contributed by atoms with Gasteiger partial charge in [0.2, 0.25) is 0 Å². The van der Waals surface area contributed by atoms with Crippen molar-refractivity contribution < 1.29 is 23.8 Å². The van der Waals surface area contributed by atoms with Gasteiger partial charge in [-0.2, -0.15) is 0 Å². The van der Waals surface area contributed by atoms with Gasteiger partial charge in [0.15, 0.2) is 0 Å². The Hall–Kier alpha value is -4.26. The third-order valence-corrected chi connectivity index (χ3v) is 6.06. The lowest BCUT2D eigenvalue weighted by atomic mass is 10.1. The lowest BCUT2D eigenvalue weighted by molar-refractivity contribution is -0.136. The normalized spacial score (nSPS) is 11.7. The lowest BCUT2D eigenvalue weighted by Crippen LogP contribution is -2.27. The van der Waals surface area contributed by atoms with Crippen molar-refractivity contribution >= 4 is 28.5 Å². The van der Waals surface area contributed by atoms with Crippen molar-refractivity contribution in [2.45, 2.75) is 38.6 Å². The lowest BCUT2D eigenvalue weighted by Gasteiger charge is -2.20. The Morgan fingerprint density at radius 1 is 1.00 bits per heavy atom. The molecule has 0 aliphatic rings. The van der Waals surface area contributed by atoms with Crippen molar-refractivity contribution in [1.29, 1.82) is 0 Å². The topological polar surface area (TPSA) is 101 Å². The van der Waals surface area contributed by atoms with Gasteiger partial charge >= 0.3 is 5.97 Å². The number of unbranched alkanes of at least 4 members (excludes halogenated alkanes) is 1. The number of carboxylic acid groups (broad SMARTS) is 1. The van der Waals surface area contributed by atoms with Crippen LogP contribution in [0.15, 0.2) is 83.3 Å². The Morgan fingerprint density at radius 3 is 2.46 bits per heavy atom. The predicted molar refractivity (Wildman–Crippen MR) is 145 cm³/mol. The summed E-state index contributed by atoms with van der Waals surface area (Å²) in [6.45, 7) is 2.76. The second kappa shape index (κ2) is 12.6. The van der Waals surface area contributed by atoms with Crippen LogP contribution < -0.4 is 15.4 Å². The second-order valence-electron chi connectivity index (χ2n) is 8.94. The summed E-state index contributed by atoms with van der Waals surface area (Å²) in [6, 6.07) is 25.2. The molecule has 3 aromatic carbocycles. The molecule has 0 aliphatic carbocycles. The molecule has 0 unspecified atom stereocenters. The van der Waals surface area contributed by atoms with Crippen LogP contribution in [0.5, 0.6) is 5.75 Å². The van der Waals surface area contributed by atoms with E-state index in [2.05, 4.69) is 17.6 Å². The number of carbonyl (C=O) groups excluding carboxylic acids is 1. The largest absolute Gasteiger partial charge is 0.491 e. The van der Waals surface area contributed by atoms with Crippen LogP contribution in [0.4, 0.5) is 5.69 Å². The number of hydrogen-bond donors (Lipinski definition) is 3. The zero-order valence-electron chi connectivity index (χ0n) is 20.9. The number of benzene rings is 3. The van der Waals surface area contributed by atoms with Gasteiger partial charge in [0.1, 0.15) is 23.7 Å². The molecule has 0 saturated carbocycles. The second-order valence-corrected chi connectivity index (χ2v) is 8.94. The monoisotopic (exact) mass is 500 g/mol. The number of carbonyl (C=O) groups is 2. The van der Waals surface area contributed by atoms with Crippen molar-refractivity contribution in [2.24, 2.45) is 0 Å². The summed E-state index contributed by atoms with van der Waals surface area (Å²) in [4.78, 5) is 22.8. The number of carboxylic acids is 1. The maximum Gasteiger partial charge on any atom is 0.305 e. The number of aliphatic carboxylic acids is 1. The number of para-hydroxylation sites is 1. The standard InChI is InChI=1S/C30H32N2O5/c1-2-3-7-25(32-24-13-9-22(10-14-24)30(35)31-18-17-29(33)34)20-36-26-15-11-21(12-16-26)28-19-23-6-4-5-8-27(23)37-28/h4-6,8-16,19,25,32H,2-3,7,17-18,20H2,1H3,(H,31,35)(H,33,34)/t25-/m0/s1. The van der Waals surface area contributed by atoms with Crippen molar-refractivity contribution in [1.82, 2.24) is 5.32 Å². The number of furan rings is 1. The maximum absolute atomic E-state index is 12.2. The fourth-order valence-electron chi connectivity index (χ4n) is 4.02. The number of nitrogens with one attached hydrogen (secondary N) is 2. The molecule has 1 aromatic heterocycles. The SMILES string of the molecule is CCCC[C@@H](COc1ccc(-c2cc3ccccc3o2)cc1)Nc1ccc(C(=O)NCCC(=O)O)cc1. The van der Waals surface area contributed by atoms with E-state index in [1.165, 1.54) is 0 Å². The van der Waals surface area contributed by atoms with E-state index < -0.39 is 5.97 Å². The van der Waals surface area contributed by atoms with Crippen LogP contribution in [0.3, 0.4) is 0 Å². The van der Waals surface area contributed by atoms with Crippen molar-refractivity contribution in [2.75, 3.05) is 18.5 Å². The van der Waals surface area contributed by atoms with E-state index >= 15 is 0 Å². The molecule has 1 atom stereocenters. The molecule has 0 spiro atoms. The summed E-state index contributed by atoms with van der Waals surface area (Å²) in [7, 11) is 0. The zero-order valence-corrected chi connectivity index (χ0v) is 20.9. The van der Waals surface area contributed by atoms with Gasteiger partial charge in [-0.1, -0.05) is 38.0 Å². The molecule has 0 bridgehead atoms. The minimum atomic E-state index is -0.942. The maximum atomic E-state index is 12.2. The molecule has 0 aliphatic heterocycles. The minimum absolute atomic E-state index is 0.101. The smallest absolute Gasteiger partial charge is 0.305 e. The molecule has 0 fully saturated rings. The number of ether oxygens (including phenoxy) is 1. The third kappa shape index (κ3) is 7.36. The molecule has 192 valence electrons. The summed E-state index contributed by atoms with van der Waals surface area (Å²) in [5.74, 6) is 0.387. The highest BCUT2D eigenvalue weighted by molar-refractivity contribution is 5.94. The van der Waals surface area contributed by atoms with Gasteiger partial charge in [0.25, 0.3) is 5.91 Å². The quantitative estimate of drug-likeness (QED) is 0.198. The number of fused-ring (bicyclic) bond motifs is 1. The van der Waals surface area contributed by atoms with E-state index in [1.54, 1.807) is 12.1 Å². The Balaban J connectivity index is 1.33. The predicted octanol–water partition coefficient (Wildman–Crippen LogP) is 6.35.